The van der Waals surface area contributed by atoms with Crippen molar-refractivity contribution in [3.05, 3.63) is 216 Å². The molecule has 10 rings (SSSR count). The van der Waals surface area contributed by atoms with E-state index in [1.54, 1.807) is 0 Å². The highest BCUT2D eigenvalue weighted by Crippen LogP contribution is 2.47. The van der Waals surface area contributed by atoms with Crippen molar-refractivity contribution in [1.29, 1.82) is 0 Å². The highest BCUT2D eigenvalue weighted by atomic mass is 14.3. The zero-order valence-corrected chi connectivity index (χ0v) is 32.8. The average Bonchev–Trinajstić information content (AvgIpc) is 3.48. The number of hydrogen-bond donors (Lipinski definition) is 0. The second kappa shape index (κ2) is 14.4. The van der Waals surface area contributed by atoms with E-state index in [1.165, 1.54) is 110 Å². The van der Waals surface area contributed by atoms with Crippen LogP contribution in [0.4, 0.5) is 0 Å². The van der Waals surface area contributed by atoms with E-state index < -0.39 is 0 Å². The smallest absolute Gasteiger partial charge is 0.00307 e. The van der Waals surface area contributed by atoms with Crippen LogP contribution in [0.3, 0.4) is 0 Å². The van der Waals surface area contributed by atoms with Crippen LogP contribution in [0.5, 0.6) is 0 Å². The predicted molar refractivity (Wildman–Crippen MR) is 248 cm³/mol. The van der Waals surface area contributed by atoms with Gasteiger partial charge in [-0.3, -0.25) is 0 Å². The summed E-state index contributed by atoms with van der Waals surface area (Å²) in [6.45, 7) is 6.76. The summed E-state index contributed by atoms with van der Waals surface area (Å²) in [4.78, 5) is 0. The van der Waals surface area contributed by atoms with Gasteiger partial charge in [0.25, 0.3) is 0 Å². The Morgan fingerprint density at radius 2 is 0.895 bits per heavy atom. The van der Waals surface area contributed by atoms with Gasteiger partial charge >= 0.3 is 0 Å². The molecule has 0 fully saturated rings. The van der Waals surface area contributed by atoms with Crippen molar-refractivity contribution in [1.82, 2.24) is 0 Å². The van der Waals surface area contributed by atoms with Crippen molar-refractivity contribution >= 4 is 54.2 Å². The Morgan fingerprint density at radius 1 is 0.404 bits per heavy atom. The summed E-state index contributed by atoms with van der Waals surface area (Å²) < 4.78 is 0. The summed E-state index contributed by atoms with van der Waals surface area (Å²) in [5.41, 5.74) is 15.5. The first-order valence-electron chi connectivity index (χ1n) is 20.3. The van der Waals surface area contributed by atoms with Crippen molar-refractivity contribution < 1.29 is 0 Å². The molecule has 0 aromatic heterocycles. The fraction of sp³-hybridized carbons (Fsp3) is 0.0877. The zero-order chi connectivity index (χ0) is 38.5. The number of hydrogen-bond acceptors (Lipinski definition) is 0. The highest BCUT2D eigenvalue weighted by Gasteiger charge is 2.23. The van der Waals surface area contributed by atoms with Gasteiger partial charge in [-0.2, -0.15) is 0 Å². The molecule has 0 saturated heterocycles. The number of allylic oxidation sites excluding steroid dienone is 6. The lowest BCUT2D eigenvalue weighted by Crippen LogP contribution is -2.03. The average molecular weight is 729 g/mol. The van der Waals surface area contributed by atoms with E-state index >= 15 is 0 Å². The molecule has 1 aliphatic rings. The van der Waals surface area contributed by atoms with Crippen LogP contribution in [0.15, 0.2) is 194 Å². The maximum absolute atomic E-state index is 2.44. The fourth-order valence-electron chi connectivity index (χ4n) is 9.69. The molecule has 0 nitrogen and oxygen atoms in total. The van der Waals surface area contributed by atoms with Gasteiger partial charge in [-0.1, -0.05) is 195 Å². The van der Waals surface area contributed by atoms with Crippen LogP contribution in [0, 0.1) is 19.8 Å². The van der Waals surface area contributed by atoms with Gasteiger partial charge in [-0.15, -0.1) is 0 Å². The molecule has 1 atom stereocenters. The highest BCUT2D eigenvalue weighted by molar-refractivity contribution is 6.24. The first-order valence-corrected chi connectivity index (χ1v) is 20.3. The van der Waals surface area contributed by atoms with E-state index in [4.69, 9.17) is 0 Å². The SMILES string of the molecule is CCC1C=CC=CC(c2cccc(-c3c4ccccc4c(-c4cccc5c(-c6c(C)cccc6C)cccc45)c4ccccc34)c2)=C1c1cccc2ccccc12. The molecule has 0 spiro atoms. The van der Waals surface area contributed by atoms with Gasteiger partial charge in [0.15, 0.2) is 0 Å². The minimum Gasteiger partial charge on any atom is -0.0770 e. The van der Waals surface area contributed by atoms with E-state index in [9.17, 15) is 0 Å². The molecule has 9 aromatic rings. The number of fused-ring (bicyclic) bond motifs is 4. The molecular formula is C57H44. The van der Waals surface area contributed by atoms with Crippen LogP contribution >= 0.6 is 0 Å². The summed E-state index contributed by atoms with van der Waals surface area (Å²) >= 11 is 0. The van der Waals surface area contributed by atoms with Gasteiger partial charge in [0, 0.05) is 5.92 Å². The number of rotatable bonds is 6. The Kier molecular flexibility index (Phi) is 8.76. The van der Waals surface area contributed by atoms with Crippen LogP contribution in [-0.2, 0) is 0 Å². The summed E-state index contributed by atoms with van der Waals surface area (Å²) in [5.74, 6) is 0.293. The minimum absolute atomic E-state index is 0.293. The van der Waals surface area contributed by atoms with Crippen LogP contribution in [0.2, 0.25) is 0 Å². The molecule has 272 valence electrons. The summed E-state index contributed by atoms with van der Waals surface area (Å²) in [7, 11) is 0. The summed E-state index contributed by atoms with van der Waals surface area (Å²) in [5, 5.41) is 10.2. The summed E-state index contributed by atoms with van der Waals surface area (Å²) in [6.07, 6.45) is 10.2. The lowest BCUT2D eigenvalue weighted by Gasteiger charge is -2.22. The molecule has 0 N–H and O–H groups in total. The molecule has 9 aromatic carbocycles. The quantitative estimate of drug-likeness (QED) is 0.150. The molecular weight excluding hydrogens is 685 g/mol. The van der Waals surface area contributed by atoms with Crippen LogP contribution < -0.4 is 0 Å². The van der Waals surface area contributed by atoms with E-state index in [2.05, 4.69) is 215 Å². The van der Waals surface area contributed by atoms with Gasteiger partial charge in [-0.25, -0.2) is 0 Å². The van der Waals surface area contributed by atoms with Crippen molar-refractivity contribution in [3.8, 4) is 33.4 Å². The Morgan fingerprint density at radius 3 is 1.56 bits per heavy atom. The van der Waals surface area contributed by atoms with E-state index in [-0.39, 0.29) is 0 Å². The normalized spacial score (nSPS) is 14.3. The molecule has 0 radical (unpaired) electrons. The lowest BCUT2D eigenvalue weighted by molar-refractivity contribution is 0.796. The van der Waals surface area contributed by atoms with Gasteiger partial charge in [0.2, 0.25) is 0 Å². The van der Waals surface area contributed by atoms with Crippen LogP contribution in [0.25, 0.3) is 87.6 Å². The molecule has 0 amide bonds. The van der Waals surface area contributed by atoms with Crippen molar-refractivity contribution in [3.63, 3.8) is 0 Å². The maximum Gasteiger partial charge on any atom is 0.00307 e. The molecule has 0 heteroatoms. The Labute approximate surface area is 335 Å². The predicted octanol–water partition coefficient (Wildman–Crippen LogP) is 16.0. The van der Waals surface area contributed by atoms with Crippen LogP contribution in [-0.4, -0.2) is 0 Å². The van der Waals surface area contributed by atoms with Crippen molar-refractivity contribution in [2.45, 2.75) is 27.2 Å². The van der Waals surface area contributed by atoms with E-state index in [0.717, 1.165) is 6.42 Å². The summed E-state index contributed by atoms with van der Waals surface area (Å²) in [6, 6.07) is 63.3. The standard InChI is InChI=1S/C57H44/c1-4-39-20-5-8-26-44(55(39)47-33-15-22-40-21-6-7-25-43(40)47)41-23-14-24-42(36-41)56-50-27-9-11-29-52(50)57(53-30-12-10-28-51(53)56)49-35-17-31-45-46(49)32-16-34-48(45)54-37(2)18-13-19-38(54)3/h5-36,39H,4H2,1-3H3. The van der Waals surface area contributed by atoms with E-state index in [0.29, 0.717) is 5.92 Å². The molecule has 0 heterocycles. The fourth-order valence-corrected chi connectivity index (χ4v) is 9.69. The van der Waals surface area contributed by atoms with E-state index in [1.807, 2.05) is 0 Å². The van der Waals surface area contributed by atoms with Gasteiger partial charge < -0.3 is 0 Å². The zero-order valence-electron chi connectivity index (χ0n) is 32.8. The Hall–Kier alpha value is -6.76. The minimum atomic E-state index is 0.293. The molecule has 1 unspecified atom stereocenters. The first-order chi connectivity index (χ1) is 28.1. The molecule has 0 aliphatic heterocycles. The van der Waals surface area contributed by atoms with Gasteiger partial charge in [0.1, 0.15) is 0 Å². The van der Waals surface area contributed by atoms with Crippen molar-refractivity contribution in [2.24, 2.45) is 5.92 Å². The number of benzene rings is 9. The largest absolute Gasteiger partial charge is 0.0770 e. The third kappa shape index (κ3) is 5.83. The Balaban J connectivity index is 1.22. The second-order valence-corrected chi connectivity index (χ2v) is 15.5. The third-order valence-electron chi connectivity index (χ3n) is 12.2. The van der Waals surface area contributed by atoms with Crippen LogP contribution in [0.1, 0.15) is 35.6 Å². The molecule has 0 saturated carbocycles. The lowest BCUT2D eigenvalue weighted by atomic mass is 9.81. The third-order valence-corrected chi connectivity index (χ3v) is 12.2. The maximum atomic E-state index is 2.44. The first kappa shape index (κ1) is 34.7. The monoisotopic (exact) mass is 728 g/mol. The molecule has 57 heavy (non-hydrogen) atoms. The molecule has 1 aliphatic carbocycles. The molecule has 0 bridgehead atoms. The number of aryl methyl sites for hydroxylation is 2. The topological polar surface area (TPSA) is 0 Å². The van der Waals surface area contributed by atoms with Crippen molar-refractivity contribution in [2.75, 3.05) is 0 Å². The Bertz CT molecular complexity index is 3050. The van der Waals surface area contributed by atoms with Gasteiger partial charge in [0.05, 0.1) is 0 Å². The van der Waals surface area contributed by atoms with Gasteiger partial charge in [-0.05, 0) is 136 Å². The second-order valence-electron chi connectivity index (χ2n) is 15.5.